The monoisotopic (exact) mass is 319 g/mol. The summed E-state index contributed by atoms with van der Waals surface area (Å²) >= 11 is 0. The lowest BCUT2D eigenvalue weighted by Crippen LogP contribution is -2.19. The molecule has 7 heteroatoms. The highest BCUT2D eigenvalue weighted by Crippen LogP contribution is 2.17. The minimum absolute atomic E-state index is 0.404. The maximum Gasteiger partial charge on any atom is 0.258 e. The normalized spacial score (nSPS) is 13.4. The number of nitrogens with one attached hydrogen (secondary N) is 2. The Bertz CT molecular complexity index is 788. The summed E-state index contributed by atoms with van der Waals surface area (Å²) < 4.78 is 39.6. The van der Waals surface area contributed by atoms with E-state index < -0.39 is 28.9 Å². The van der Waals surface area contributed by atoms with Crippen LogP contribution in [0.4, 0.5) is 18.9 Å². The molecule has 0 unspecified atom stereocenters. The highest BCUT2D eigenvalue weighted by Gasteiger charge is 2.19. The summed E-state index contributed by atoms with van der Waals surface area (Å²) in [6.45, 7) is 1.49. The minimum Gasteiger partial charge on any atom is -0.368 e. The van der Waals surface area contributed by atoms with E-state index in [2.05, 4.69) is 15.6 Å². The van der Waals surface area contributed by atoms with Gasteiger partial charge < -0.3 is 10.6 Å². The molecular weight excluding hydrogens is 307 g/mol. The molecule has 2 N–H and O–H groups in total. The Morgan fingerprint density at radius 2 is 1.78 bits per heavy atom. The Morgan fingerprint density at radius 3 is 2.43 bits per heavy atom. The average Bonchev–Trinajstić information content (AvgIpc) is 3.08. The van der Waals surface area contributed by atoms with Crippen molar-refractivity contribution in [3.63, 3.8) is 0 Å². The molecular formula is C16H12F3N3O. The lowest BCUT2D eigenvalue weighted by molar-refractivity contribution is 0.102. The van der Waals surface area contributed by atoms with Crippen molar-refractivity contribution in [2.24, 2.45) is 4.99 Å². The fraction of sp³-hybridized carbons (Fsp3) is 0.125. The van der Waals surface area contributed by atoms with Gasteiger partial charge in [0.15, 0.2) is 17.5 Å². The molecule has 0 spiro atoms. The third-order valence-electron chi connectivity index (χ3n) is 3.37. The minimum atomic E-state index is -1.67. The van der Waals surface area contributed by atoms with Crippen molar-refractivity contribution in [2.75, 3.05) is 18.4 Å². The third-order valence-corrected chi connectivity index (χ3v) is 3.37. The van der Waals surface area contributed by atoms with E-state index in [-0.39, 0.29) is 0 Å². The van der Waals surface area contributed by atoms with E-state index in [9.17, 15) is 18.0 Å². The number of amidine groups is 1. The van der Waals surface area contributed by atoms with Crippen LogP contribution in [-0.4, -0.2) is 24.8 Å². The number of anilines is 1. The molecule has 1 aliphatic heterocycles. The van der Waals surface area contributed by atoms with E-state index in [1.165, 1.54) is 0 Å². The molecule has 1 heterocycles. The number of carbonyl (C=O) groups is 1. The lowest BCUT2D eigenvalue weighted by atomic mass is 10.1. The molecule has 0 saturated carbocycles. The van der Waals surface area contributed by atoms with E-state index in [1.54, 1.807) is 24.3 Å². The van der Waals surface area contributed by atoms with Crippen molar-refractivity contribution in [1.82, 2.24) is 5.32 Å². The number of benzene rings is 2. The maximum atomic E-state index is 13.6. The molecule has 3 rings (SSSR count). The summed E-state index contributed by atoms with van der Waals surface area (Å²) in [7, 11) is 0. The number of nitrogens with zero attached hydrogens (tertiary/aromatic N) is 1. The Labute approximate surface area is 130 Å². The van der Waals surface area contributed by atoms with E-state index in [1.807, 2.05) is 0 Å². The number of hydrogen-bond acceptors (Lipinski definition) is 3. The van der Waals surface area contributed by atoms with Gasteiger partial charge in [0.1, 0.15) is 5.84 Å². The maximum absolute atomic E-state index is 13.6. The largest absolute Gasteiger partial charge is 0.368 e. The predicted molar refractivity (Wildman–Crippen MR) is 80.1 cm³/mol. The summed E-state index contributed by atoms with van der Waals surface area (Å²) in [4.78, 5) is 16.2. The number of rotatable bonds is 3. The lowest BCUT2D eigenvalue weighted by Gasteiger charge is -2.08. The van der Waals surface area contributed by atoms with Crippen molar-refractivity contribution >= 4 is 17.4 Å². The molecule has 118 valence electrons. The van der Waals surface area contributed by atoms with Crippen LogP contribution in [0.15, 0.2) is 41.4 Å². The molecule has 2 aromatic carbocycles. The summed E-state index contributed by atoms with van der Waals surface area (Å²) in [5.41, 5.74) is 0.704. The van der Waals surface area contributed by atoms with Crippen LogP contribution in [0.3, 0.4) is 0 Å². The van der Waals surface area contributed by atoms with Crippen molar-refractivity contribution in [3.8, 4) is 0 Å². The van der Waals surface area contributed by atoms with E-state index in [0.29, 0.717) is 18.3 Å². The highest BCUT2D eigenvalue weighted by atomic mass is 19.2. The van der Waals surface area contributed by atoms with Gasteiger partial charge in [0.2, 0.25) is 0 Å². The van der Waals surface area contributed by atoms with Crippen molar-refractivity contribution < 1.29 is 18.0 Å². The Balaban J connectivity index is 1.76. The third kappa shape index (κ3) is 3.03. The zero-order valence-electron chi connectivity index (χ0n) is 11.9. The van der Waals surface area contributed by atoms with Crippen LogP contribution in [0.1, 0.15) is 15.9 Å². The van der Waals surface area contributed by atoms with Gasteiger partial charge in [-0.05, 0) is 36.4 Å². The standard InChI is InChI=1S/C16H12F3N3O/c17-12-6-5-11(13(18)14(12)19)16(23)22-10-3-1-9(2-4-10)15-20-7-8-21-15/h1-6H,7-8H2,(H,20,21)(H,22,23). The first-order valence-electron chi connectivity index (χ1n) is 6.90. The second-order valence-corrected chi connectivity index (χ2v) is 4.91. The first-order valence-corrected chi connectivity index (χ1v) is 6.90. The van der Waals surface area contributed by atoms with Gasteiger partial charge in [-0.25, -0.2) is 13.2 Å². The van der Waals surface area contributed by atoms with Crippen LogP contribution >= 0.6 is 0 Å². The highest BCUT2D eigenvalue weighted by molar-refractivity contribution is 6.05. The Morgan fingerprint density at radius 1 is 1.04 bits per heavy atom. The summed E-state index contributed by atoms with van der Waals surface area (Å²) in [6.07, 6.45) is 0. The number of carbonyl (C=O) groups excluding carboxylic acids is 1. The second kappa shape index (κ2) is 6.12. The Kier molecular flexibility index (Phi) is 4.01. The van der Waals surface area contributed by atoms with Gasteiger partial charge in [-0.2, -0.15) is 0 Å². The van der Waals surface area contributed by atoms with Gasteiger partial charge in [-0.1, -0.05) is 0 Å². The number of amides is 1. The first kappa shape index (κ1) is 15.1. The smallest absolute Gasteiger partial charge is 0.258 e. The van der Waals surface area contributed by atoms with Crippen molar-refractivity contribution in [2.45, 2.75) is 0 Å². The van der Waals surface area contributed by atoms with E-state index >= 15 is 0 Å². The quantitative estimate of drug-likeness (QED) is 0.855. The van der Waals surface area contributed by atoms with Gasteiger partial charge in [-0.15, -0.1) is 0 Å². The molecule has 0 bridgehead atoms. The summed E-state index contributed by atoms with van der Waals surface area (Å²) in [5, 5.41) is 5.55. The molecule has 0 atom stereocenters. The zero-order valence-corrected chi connectivity index (χ0v) is 11.9. The van der Waals surface area contributed by atoms with Gasteiger partial charge >= 0.3 is 0 Å². The molecule has 0 aliphatic carbocycles. The predicted octanol–water partition coefficient (Wildman–Crippen LogP) is 2.71. The number of halogens is 3. The molecule has 0 radical (unpaired) electrons. The average molecular weight is 319 g/mol. The number of hydrogen-bond donors (Lipinski definition) is 2. The fourth-order valence-corrected chi connectivity index (χ4v) is 2.20. The first-order chi connectivity index (χ1) is 11.1. The zero-order chi connectivity index (χ0) is 16.4. The molecule has 1 aliphatic rings. The van der Waals surface area contributed by atoms with E-state index in [0.717, 1.165) is 24.0 Å². The Hall–Kier alpha value is -2.83. The molecule has 0 aromatic heterocycles. The fourth-order valence-electron chi connectivity index (χ4n) is 2.20. The molecule has 0 saturated heterocycles. The van der Waals surface area contributed by atoms with Crippen LogP contribution in [0.5, 0.6) is 0 Å². The number of aliphatic imine (C=N–C) groups is 1. The van der Waals surface area contributed by atoms with Crippen LogP contribution in [0.2, 0.25) is 0 Å². The summed E-state index contributed by atoms with van der Waals surface area (Å²) in [5.74, 6) is -4.60. The van der Waals surface area contributed by atoms with Gasteiger partial charge in [-0.3, -0.25) is 9.79 Å². The van der Waals surface area contributed by atoms with Crippen molar-refractivity contribution in [3.05, 3.63) is 65.0 Å². The molecule has 23 heavy (non-hydrogen) atoms. The molecule has 1 amide bonds. The van der Waals surface area contributed by atoms with Gasteiger partial charge in [0.25, 0.3) is 5.91 Å². The molecule has 4 nitrogen and oxygen atoms in total. The van der Waals surface area contributed by atoms with Crippen molar-refractivity contribution in [1.29, 1.82) is 0 Å². The van der Waals surface area contributed by atoms with Crippen LogP contribution < -0.4 is 10.6 Å². The summed E-state index contributed by atoms with van der Waals surface area (Å²) in [6, 6.07) is 8.33. The van der Waals surface area contributed by atoms with Gasteiger partial charge in [0.05, 0.1) is 12.1 Å². The molecule has 2 aromatic rings. The van der Waals surface area contributed by atoms with Crippen LogP contribution in [0, 0.1) is 17.5 Å². The van der Waals surface area contributed by atoms with Crippen LogP contribution in [0.25, 0.3) is 0 Å². The molecule has 0 fully saturated rings. The van der Waals surface area contributed by atoms with Gasteiger partial charge in [0, 0.05) is 17.8 Å². The second-order valence-electron chi connectivity index (χ2n) is 4.91. The topological polar surface area (TPSA) is 53.5 Å². The SMILES string of the molecule is O=C(Nc1ccc(C2=NCCN2)cc1)c1ccc(F)c(F)c1F. The van der Waals surface area contributed by atoms with Crippen LogP contribution in [-0.2, 0) is 0 Å². The van der Waals surface area contributed by atoms with E-state index in [4.69, 9.17) is 0 Å².